The highest BCUT2D eigenvalue weighted by Crippen LogP contribution is 2.30. The molecule has 3 aromatic rings. The van der Waals surface area contributed by atoms with Crippen LogP contribution in [0.15, 0.2) is 37.6 Å². The van der Waals surface area contributed by atoms with E-state index in [1.165, 1.54) is 25.9 Å². The molecular formula is C22H29N7O4S. The molecule has 1 aliphatic rings. The van der Waals surface area contributed by atoms with Crippen LogP contribution in [0.1, 0.15) is 42.8 Å². The first-order valence-electron chi connectivity index (χ1n) is 11.2. The van der Waals surface area contributed by atoms with E-state index in [1.54, 1.807) is 13.2 Å². The fourth-order valence-electron chi connectivity index (χ4n) is 4.01. The van der Waals surface area contributed by atoms with Gasteiger partial charge in [0, 0.05) is 27.2 Å². The molecule has 1 fully saturated rings. The van der Waals surface area contributed by atoms with Gasteiger partial charge in [-0.2, -0.15) is 0 Å². The number of furan rings is 1. The number of nitrogens with zero attached hydrogens (tertiary/aromatic N) is 6. The zero-order chi connectivity index (χ0) is 24.6. The van der Waals surface area contributed by atoms with Gasteiger partial charge in [0.1, 0.15) is 17.1 Å². The van der Waals surface area contributed by atoms with Crippen molar-refractivity contribution in [1.82, 2.24) is 23.9 Å². The second kappa shape index (κ2) is 9.53. The van der Waals surface area contributed by atoms with Crippen LogP contribution in [0.25, 0.3) is 0 Å². The Morgan fingerprint density at radius 2 is 1.94 bits per heavy atom. The molecule has 0 bridgehead atoms. The normalized spacial score (nSPS) is 15.6. The van der Waals surface area contributed by atoms with Crippen LogP contribution in [0.4, 0.5) is 11.8 Å². The van der Waals surface area contributed by atoms with Crippen molar-refractivity contribution in [3.8, 4) is 0 Å². The van der Waals surface area contributed by atoms with E-state index in [0.717, 1.165) is 46.8 Å². The number of carbonyl (C=O) groups excluding carboxylic acids is 1. The first-order chi connectivity index (χ1) is 16.2. The Labute approximate surface area is 200 Å². The van der Waals surface area contributed by atoms with E-state index >= 15 is 0 Å². The number of nitrogens with two attached hydrogens (primary N) is 1. The molecule has 0 aliphatic carbocycles. The van der Waals surface area contributed by atoms with Gasteiger partial charge in [-0.15, -0.1) is 10.2 Å². The van der Waals surface area contributed by atoms with Crippen LogP contribution in [0.5, 0.6) is 0 Å². The molecule has 1 aliphatic heterocycles. The third kappa shape index (κ3) is 4.41. The van der Waals surface area contributed by atoms with Crippen LogP contribution in [0.2, 0.25) is 0 Å². The number of hydrogen-bond donors (Lipinski definition) is 1. The lowest BCUT2D eigenvalue weighted by Gasteiger charge is -2.31. The second-order valence-corrected chi connectivity index (χ2v) is 10.0. The topological polar surface area (TPSA) is 134 Å². The molecular weight excluding hydrogens is 458 g/mol. The molecule has 12 heteroatoms. The number of nitrogen functional groups attached to an aromatic ring is 1. The molecule has 182 valence electrons. The Kier molecular flexibility index (Phi) is 6.69. The summed E-state index contributed by atoms with van der Waals surface area (Å²) in [6.45, 7) is 6.09. The summed E-state index contributed by atoms with van der Waals surface area (Å²) >= 11 is 1.19. The number of thioether (sulfide) groups is 1. The van der Waals surface area contributed by atoms with Gasteiger partial charge in [0.15, 0.2) is 10.9 Å². The fraction of sp³-hybridized carbons (Fsp3) is 0.500. The van der Waals surface area contributed by atoms with E-state index in [2.05, 4.69) is 22.0 Å². The highest BCUT2D eigenvalue weighted by atomic mass is 32.2. The van der Waals surface area contributed by atoms with Gasteiger partial charge in [-0.3, -0.25) is 23.3 Å². The number of anilines is 2. The number of aromatic nitrogens is 5. The minimum absolute atomic E-state index is 0.147. The fourth-order valence-corrected chi connectivity index (χ4v) is 4.92. The average molecular weight is 488 g/mol. The molecule has 1 atom stereocenters. The first kappa shape index (κ1) is 23.9. The van der Waals surface area contributed by atoms with Crippen molar-refractivity contribution in [3.63, 3.8) is 0 Å². The molecule has 0 radical (unpaired) electrons. The minimum atomic E-state index is -0.710. The number of Topliss-reactive ketones (excluding diaryl/α,β-unsaturated/α-hetero) is 1. The molecule has 0 spiro atoms. The molecule has 0 aromatic carbocycles. The SMILES string of the molecule is CC1CCN(c2nnc(S[C@@H](C)C(=O)c3c(N)n(C)c(=O)n(C)c3=O)n2Cc2ccco2)CC1. The molecule has 0 saturated carbocycles. The lowest BCUT2D eigenvalue weighted by Crippen LogP contribution is -2.42. The highest BCUT2D eigenvalue weighted by Gasteiger charge is 2.29. The van der Waals surface area contributed by atoms with Crippen LogP contribution in [-0.2, 0) is 20.6 Å². The number of rotatable bonds is 7. The molecule has 2 N–H and O–H groups in total. The van der Waals surface area contributed by atoms with E-state index in [4.69, 9.17) is 10.2 Å². The maximum Gasteiger partial charge on any atom is 0.332 e. The van der Waals surface area contributed by atoms with Gasteiger partial charge in [0.25, 0.3) is 5.56 Å². The largest absolute Gasteiger partial charge is 0.467 e. The third-order valence-corrected chi connectivity index (χ3v) is 7.35. The maximum atomic E-state index is 13.3. The lowest BCUT2D eigenvalue weighted by atomic mass is 10.00. The van der Waals surface area contributed by atoms with Crippen molar-refractivity contribution in [3.05, 3.63) is 50.6 Å². The Balaban J connectivity index is 1.65. The van der Waals surface area contributed by atoms with Crippen LogP contribution in [0.3, 0.4) is 0 Å². The zero-order valence-corrected chi connectivity index (χ0v) is 20.5. The van der Waals surface area contributed by atoms with E-state index in [9.17, 15) is 14.4 Å². The molecule has 0 amide bonds. The van der Waals surface area contributed by atoms with Crippen molar-refractivity contribution >= 4 is 29.3 Å². The summed E-state index contributed by atoms with van der Waals surface area (Å²) in [6.07, 6.45) is 3.75. The molecule has 4 heterocycles. The molecule has 11 nitrogen and oxygen atoms in total. The molecule has 4 rings (SSSR count). The van der Waals surface area contributed by atoms with Gasteiger partial charge in [-0.1, -0.05) is 18.7 Å². The number of hydrogen-bond acceptors (Lipinski definition) is 9. The van der Waals surface area contributed by atoms with E-state index < -0.39 is 22.3 Å². The van der Waals surface area contributed by atoms with Gasteiger partial charge < -0.3 is 15.1 Å². The number of piperidine rings is 1. The Hall–Kier alpha value is -3.28. The summed E-state index contributed by atoms with van der Waals surface area (Å²) in [6, 6.07) is 3.69. The van der Waals surface area contributed by atoms with Crippen molar-refractivity contribution in [1.29, 1.82) is 0 Å². The quantitative estimate of drug-likeness (QED) is 0.388. The zero-order valence-electron chi connectivity index (χ0n) is 19.7. The first-order valence-corrected chi connectivity index (χ1v) is 12.0. The van der Waals surface area contributed by atoms with Gasteiger partial charge in [-0.05, 0) is 37.8 Å². The van der Waals surface area contributed by atoms with Gasteiger partial charge in [-0.25, -0.2) is 4.79 Å². The summed E-state index contributed by atoms with van der Waals surface area (Å²) in [5, 5.41) is 8.65. The maximum absolute atomic E-state index is 13.3. The van der Waals surface area contributed by atoms with E-state index in [-0.39, 0.29) is 11.4 Å². The minimum Gasteiger partial charge on any atom is -0.467 e. The third-order valence-electron chi connectivity index (χ3n) is 6.27. The predicted octanol–water partition coefficient (Wildman–Crippen LogP) is 1.50. The molecule has 3 aromatic heterocycles. The van der Waals surface area contributed by atoms with E-state index in [0.29, 0.717) is 17.6 Å². The van der Waals surface area contributed by atoms with Crippen molar-refractivity contribution in [2.75, 3.05) is 23.7 Å². The monoisotopic (exact) mass is 487 g/mol. The molecule has 1 saturated heterocycles. The van der Waals surface area contributed by atoms with Crippen LogP contribution >= 0.6 is 11.8 Å². The number of carbonyl (C=O) groups is 1. The predicted molar refractivity (Wildman–Crippen MR) is 129 cm³/mol. The Bertz CT molecular complexity index is 1300. The highest BCUT2D eigenvalue weighted by molar-refractivity contribution is 8.00. The second-order valence-electron chi connectivity index (χ2n) is 8.71. The van der Waals surface area contributed by atoms with Crippen molar-refractivity contribution < 1.29 is 9.21 Å². The lowest BCUT2D eigenvalue weighted by molar-refractivity contribution is 0.0992. The molecule has 0 unspecified atom stereocenters. The summed E-state index contributed by atoms with van der Waals surface area (Å²) < 4.78 is 9.47. The summed E-state index contributed by atoms with van der Waals surface area (Å²) in [5.41, 5.74) is 4.49. The van der Waals surface area contributed by atoms with Gasteiger partial charge in [0.05, 0.1) is 18.1 Å². The summed E-state index contributed by atoms with van der Waals surface area (Å²) in [4.78, 5) is 40.2. The summed E-state index contributed by atoms with van der Waals surface area (Å²) in [7, 11) is 2.75. The summed E-state index contributed by atoms with van der Waals surface area (Å²) in [5.74, 6) is 1.51. The average Bonchev–Trinajstić information content (AvgIpc) is 3.48. The smallest absolute Gasteiger partial charge is 0.332 e. The van der Waals surface area contributed by atoms with Crippen LogP contribution in [-0.4, -0.2) is 48.0 Å². The van der Waals surface area contributed by atoms with Crippen molar-refractivity contribution in [2.45, 2.75) is 43.6 Å². The van der Waals surface area contributed by atoms with Gasteiger partial charge >= 0.3 is 5.69 Å². The van der Waals surface area contributed by atoms with Crippen molar-refractivity contribution in [2.24, 2.45) is 20.0 Å². The van der Waals surface area contributed by atoms with Crippen LogP contribution in [0, 0.1) is 5.92 Å². The Morgan fingerprint density at radius 3 is 2.59 bits per heavy atom. The van der Waals surface area contributed by atoms with Gasteiger partial charge in [0.2, 0.25) is 5.95 Å². The standard InChI is InChI=1S/C22H29N7O4S/c1-13-7-9-28(10-8-13)20-24-25-21(29(20)12-15-6-5-11-33-15)34-14(2)17(30)16-18(23)26(3)22(32)27(4)19(16)31/h5-6,11,13-14H,7-10,12,23H2,1-4H3/t14-/m0/s1. The number of ketones is 1. The molecule has 34 heavy (non-hydrogen) atoms. The Morgan fingerprint density at radius 1 is 1.24 bits per heavy atom. The van der Waals surface area contributed by atoms with E-state index in [1.807, 2.05) is 16.7 Å². The van der Waals surface area contributed by atoms with Crippen LogP contribution < -0.4 is 21.9 Å².